The molecule has 0 unspecified atom stereocenters. The second kappa shape index (κ2) is 14.7. The summed E-state index contributed by atoms with van der Waals surface area (Å²) < 4.78 is 61.5. The lowest BCUT2D eigenvalue weighted by atomic mass is 10.1. The third-order valence-electron chi connectivity index (χ3n) is 4.12. The summed E-state index contributed by atoms with van der Waals surface area (Å²) in [6.07, 6.45) is 11.1. The van der Waals surface area contributed by atoms with Gasteiger partial charge in [0.1, 0.15) is 0 Å². The first-order valence-corrected chi connectivity index (χ1v) is 12.1. The van der Waals surface area contributed by atoms with Crippen molar-refractivity contribution < 1.29 is 29.1 Å². The molecule has 0 radical (unpaired) electrons. The van der Waals surface area contributed by atoms with Crippen LogP contribution in [0.15, 0.2) is 0 Å². The van der Waals surface area contributed by atoms with E-state index in [1.54, 1.807) is 0 Å². The molecule has 0 saturated heterocycles. The van der Waals surface area contributed by atoms with Crippen molar-refractivity contribution in [1.82, 2.24) is 0 Å². The molecule has 0 saturated carbocycles. The normalized spacial score (nSPS) is 12.5. The van der Waals surface area contributed by atoms with Crippen LogP contribution < -0.4 is 0 Å². The first-order chi connectivity index (χ1) is 11.9. The van der Waals surface area contributed by atoms with Crippen LogP contribution in [0, 0.1) is 0 Å². The third-order valence-corrected chi connectivity index (χ3v) is 5.55. The fourth-order valence-electron chi connectivity index (χ4n) is 2.75. The molecule has 0 atom stereocenters. The van der Waals surface area contributed by atoms with E-state index < -0.39 is 20.8 Å². The molecular formula is C16H36F2N2O4S2. The monoisotopic (exact) mass is 422 g/mol. The van der Waals surface area contributed by atoms with Crippen molar-refractivity contribution in [2.75, 3.05) is 26.2 Å². The molecular weight excluding hydrogens is 386 g/mol. The van der Waals surface area contributed by atoms with Crippen molar-refractivity contribution in [2.45, 2.75) is 79.1 Å². The molecule has 0 aromatic carbocycles. The molecule has 160 valence electrons. The molecule has 26 heavy (non-hydrogen) atoms. The number of hydrogen-bond acceptors (Lipinski definition) is 4. The predicted molar refractivity (Wildman–Crippen MR) is 103 cm³/mol. The van der Waals surface area contributed by atoms with Gasteiger partial charge in [0.25, 0.3) is 0 Å². The number of quaternary nitrogens is 1. The highest BCUT2D eigenvalue weighted by Crippen LogP contribution is 2.16. The first kappa shape index (κ1) is 27.9. The van der Waals surface area contributed by atoms with Crippen LogP contribution in [-0.2, 0) is 20.8 Å². The molecule has 0 fully saturated rings. The Kier molecular flexibility index (Phi) is 15.8. The predicted octanol–water partition coefficient (Wildman–Crippen LogP) is 4.79. The maximum Gasteiger partial charge on any atom is 0.241 e. The van der Waals surface area contributed by atoms with Crippen LogP contribution in [0.1, 0.15) is 79.1 Å². The molecule has 0 heterocycles. The minimum Gasteiger partial charge on any atom is -0.379 e. The second-order valence-corrected chi connectivity index (χ2v) is 8.79. The van der Waals surface area contributed by atoms with Crippen molar-refractivity contribution in [3.05, 3.63) is 4.13 Å². The summed E-state index contributed by atoms with van der Waals surface area (Å²) in [5.74, 6) is 0. The zero-order valence-corrected chi connectivity index (χ0v) is 18.2. The van der Waals surface area contributed by atoms with Crippen LogP contribution in [0.4, 0.5) is 7.77 Å². The maximum absolute atomic E-state index is 11.1. The van der Waals surface area contributed by atoms with Crippen LogP contribution in [0.5, 0.6) is 0 Å². The van der Waals surface area contributed by atoms with Gasteiger partial charge in [-0.05, 0) is 25.7 Å². The largest absolute Gasteiger partial charge is 0.379 e. The van der Waals surface area contributed by atoms with E-state index in [9.17, 15) is 24.6 Å². The Balaban J connectivity index is 0. The Bertz CT molecular complexity index is 473. The van der Waals surface area contributed by atoms with Gasteiger partial charge < -0.3 is 8.61 Å². The van der Waals surface area contributed by atoms with E-state index in [-0.39, 0.29) is 0 Å². The van der Waals surface area contributed by atoms with Crippen molar-refractivity contribution in [1.29, 1.82) is 0 Å². The minimum absolute atomic E-state index is 1.15. The molecule has 0 aliphatic carbocycles. The first-order valence-electron chi connectivity index (χ1n) is 9.43. The average Bonchev–Trinajstić information content (AvgIpc) is 2.50. The molecule has 0 bridgehead atoms. The fourth-order valence-corrected chi connectivity index (χ4v) is 3.60. The SMILES string of the molecule is CCCC[N+](CCCC)(CCCC)CCCC.O=S(=O)(F)[N-]S(=O)(=O)F. The van der Waals surface area contributed by atoms with E-state index in [4.69, 9.17) is 0 Å². The highest BCUT2D eigenvalue weighted by molar-refractivity contribution is 8.07. The molecule has 6 nitrogen and oxygen atoms in total. The summed E-state index contributed by atoms with van der Waals surface area (Å²) in [5, 5.41) is 0. The molecule has 0 aliphatic rings. The van der Waals surface area contributed by atoms with E-state index in [1.807, 2.05) is 0 Å². The molecule has 10 heteroatoms. The van der Waals surface area contributed by atoms with Gasteiger partial charge in [-0.15, -0.1) is 7.77 Å². The Labute approximate surface area is 159 Å². The van der Waals surface area contributed by atoms with Crippen LogP contribution in [0.2, 0.25) is 0 Å². The molecule has 0 aromatic heterocycles. The Morgan fingerprint density at radius 3 is 0.962 bits per heavy atom. The van der Waals surface area contributed by atoms with E-state index in [0.29, 0.717) is 0 Å². The molecule has 0 aromatic rings. The van der Waals surface area contributed by atoms with Crippen molar-refractivity contribution >= 4 is 20.8 Å². The van der Waals surface area contributed by atoms with Gasteiger partial charge in [-0.3, -0.25) is 0 Å². The van der Waals surface area contributed by atoms with E-state index in [2.05, 4.69) is 27.7 Å². The molecule has 0 N–H and O–H groups in total. The van der Waals surface area contributed by atoms with Crippen LogP contribution in [0.3, 0.4) is 0 Å². The van der Waals surface area contributed by atoms with E-state index in [0.717, 1.165) is 4.13 Å². The number of hydrogen-bond donors (Lipinski definition) is 0. The van der Waals surface area contributed by atoms with Gasteiger partial charge >= 0.3 is 0 Å². The lowest BCUT2D eigenvalue weighted by molar-refractivity contribution is -0.929. The number of unbranched alkanes of at least 4 members (excludes halogenated alkanes) is 4. The van der Waals surface area contributed by atoms with E-state index >= 15 is 0 Å². The third kappa shape index (κ3) is 18.5. The Morgan fingerprint density at radius 1 is 0.615 bits per heavy atom. The lowest BCUT2D eigenvalue weighted by Gasteiger charge is -2.39. The van der Waals surface area contributed by atoms with E-state index in [1.165, 1.54) is 82.0 Å². The van der Waals surface area contributed by atoms with Gasteiger partial charge in [0, 0.05) is 0 Å². The number of rotatable bonds is 14. The summed E-state index contributed by atoms with van der Waals surface area (Å²) in [7, 11) is -11.2. The quantitative estimate of drug-likeness (QED) is 0.298. The topological polar surface area (TPSA) is 82.4 Å². The highest BCUT2D eigenvalue weighted by Gasteiger charge is 2.24. The Hall–Kier alpha value is -0.320. The van der Waals surface area contributed by atoms with Gasteiger partial charge in [0.05, 0.1) is 26.2 Å². The fraction of sp³-hybridized carbons (Fsp3) is 1.00. The lowest BCUT2D eigenvalue weighted by Crippen LogP contribution is -2.50. The standard InChI is InChI=1S/C16H36N.F2NO4S2/c1-5-9-13-17(14-10-6-2,15-11-7-3)16-12-8-4;1-8(4,5)3-9(2,6)7/h5-16H2,1-4H3;/q+1;-1. The average molecular weight is 423 g/mol. The van der Waals surface area contributed by atoms with Crippen molar-refractivity contribution in [3.8, 4) is 0 Å². The summed E-state index contributed by atoms with van der Waals surface area (Å²) in [5.41, 5.74) is 0. The molecule has 0 rings (SSSR count). The van der Waals surface area contributed by atoms with Gasteiger partial charge in [-0.1, -0.05) is 53.4 Å². The minimum atomic E-state index is -5.62. The smallest absolute Gasteiger partial charge is 0.241 e. The maximum atomic E-state index is 11.1. The van der Waals surface area contributed by atoms with Gasteiger partial charge in [0.15, 0.2) is 0 Å². The molecule has 0 aliphatic heterocycles. The summed E-state index contributed by atoms with van der Waals surface area (Å²) >= 11 is 0. The van der Waals surface area contributed by atoms with Gasteiger partial charge in [0.2, 0.25) is 20.8 Å². The Morgan fingerprint density at radius 2 is 0.846 bits per heavy atom. The van der Waals surface area contributed by atoms with Crippen molar-refractivity contribution in [3.63, 3.8) is 0 Å². The summed E-state index contributed by atoms with van der Waals surface area (Å²) in [6.45, 7) is 15.0. The van der Waals surface area contributed by atoms with Gasteiger partial charge in [-0.2, -0.15) is 0 Å². The highest BCUT2D eigenvalue weighted by atomic mass is 32.3. The zero-order valence-electron chi connectivity index (χ0n) is 16.6. The molecule has 0 spiro atoms. The number of halogens is 2. The van der Waals surface area contributed by atoms with Crippen LogP contribution >= 0.6 is 0 Å². The molecule has 0 amide bonds. The number of nitrogens with zero attached hydrogens (tertiary/aromatic N) is 2. The second-order valence-electron chi connectivity index (χ2n) is 6.55. The van der Waals surface area contributed by atoms with Crippen LogP contribution in [-0.4, -0.2) is 47.5 Å². The van der Waals surface area contributed by atoms with Gasteiger partial charge in [-0.25, -0.2) is 16.8 Å². The summed E-state index contributed by atoms with van der Waals surface area (Å²) in [6, 6.07) is 0. The zero-order chi connectivity index (χ0) is 20.7. The van der Waals surface area contributed by atoms with Crippen molar-refractivity contribution in [2.24, 2.45) is 0 Å². The van der Waals surface area contributed by atoms with Crippen LogP contribution in [0.25, 0.3) is 4.13 Å². The summed E-state index contributed by atoms with van der Waals surface area (Å²) in [4.78, 5) is 0.